The number of hydrogen-bond donors (Lipinski definition) is 1. The van der Waals surface area contributed by atoms with Gasteiger partial charge in [-0.25, -0.2) is 0 Å². The molecule has 0 saturated heterocycles. The predicted molar refractivity (Wildman–Crippen MR) is 75.1 cm³/mol. The first-order valence-electron chi connectivity index (χ1n) is 7.55. The molecule has 2 atom stereocenters. The average Bonchev–Trinajstić information content (AvgIpc) is 2.30. The second-order valence-corrected chi connectivity index (χ2v) is 5.76. The van der Waals surface area contributed by atoms with Gasteiger partial charge in [0.25, 0.3) is 0 Å². The molecule has 0 bridgehead atoms. The molecular formula is C16H30O. The summed E-state index contributed by atoms with van der Waals surface area (Å²) in [6.07, 6.45) is 16.8. The van der Waals surface area contributed by atoms with Gasteiger partial charge in [-0.15, -0.1) is 0 Å². The highest BCUT2D eigenvalue weighted by Gasteiger charge is 2.29. The van der Waals surface area contributed by atoms with Crippen molar-refractivity contribution < 1.29 is 5.11 Å². The zero-order valence-electron chi connectivity index (χ0n) is 11.8. The highest BCUT2D eigenvalue weighted by molar-refractivity contribution is 5.02. The molecule has 1 heteroatoms. The molecule has 100 valence electrons. The lowest BCUT2D eigenvalue weighted by Gasteiger charge is -2.32. The Hall–Kier alpha value is -0.300. The van der Waals surface area contributed by atoms with Gasteiger partial charge in [-0.05, 0) is 25.7 Å². The van der Waals surface area contributed by atoms with Gasteiger partial charge in [-0.1, -0.05) is 70.4 Å². The lowest BCUT2D eigenvalue weighted by atomic mass is 9.80. The first kappa shape index (κ1) is 14.8. The minimum absolute atomic E-state index is 0.401. The molecule has 1 fully saturated rings. The van der Waals surface area contributed by atoms with E-state index in [4.69, 9.17) is 0 Å². The van der Waals surface area contributed by atoms with Crippen molar-refractivity contribution in [3.05, 3.63) is 12.2 Å². The van der Waals surface area contributed by atoms with Gasteiger partial charge in [0.05, 0.1) is 5.60 Å². The Bertz CT molecular complexity index is 222. The van der Waals surface area contributed by atoms with Crippen LogP contribution in [0.1, 0.15) is 78.1 Å². The third-order valence-electron chi connectivity index (χ3n) is 4.27. The molecule has 0 amide bonds. The van der Waals surface area contributed by atoms with Crippen LogP contribution in [0.3, 0.4) is 0 Å². The molecule has 0 aromatic heterocycles. The molecule has 17 heavy (non-hydrogen) atoms. The van der Waals surface area contributed by atoms with Crippen molar-refractivity contribution in [1.82, 2.24) is 0 Å². The van der Waals surface area contributed by atoms with E-state index in [2.05, 4.69) is 6.92 Å². The van der Waals surface area contributed by atoms with Crippen LogP contribution in [0, 0.1) is 5.92 Å². The van der Waals surface area contributed by atoms with Gasteiger partial charge in [-0.3, -0.25) is 0 Å². The highest BCUT2D eigenvalue weighted by atomic mass is 16.3. The predicted octanol–water partition coefficient (Wildman–Crippen LogP) is 4.84. The Morgan fingerprint density at radius 1 is 0.941 bits per heavy atom. The summed E-state index contributed by atoms with van der Waals surface area (Å²) in [5, 5.41) is 10.7. The van der Waals surface area contributed by atoms with Gasteiger partial charge in [-0.2, -0.15) is 0 Å². The number of allylic oxidation sites excluding steroid dienone is 1. The maximum atomic E-state index is 10.7. The maximum absolute atomic E-state index is 10.7. The zero-order valence-corrected chi connectivity index (χ0v) is 11.8. The normalized spacial score (nSPS) is 34.2. The summed E-state index contributed by atoms with van der Waals surface area (Å²) in [5.41, 5.74) is -0.548. The van der Waals surface area contributed by atoms with Crippen LogP contribution in [-0.4, -0.2) is 10.7 Å². The summed E-state index contributed by atoms with van der Waals surface area (Å²) in [5.74, 6) is 0.401. The minimum atomic E-state index is -0.548. The van der Waals surface area contributed by atoms with Crippen LogP contribution in [0.15, 0.2) is 12.2 Å². The standard InChI is InChI=1S/C16H30O/c1-3-13-16(17)14-11-9-7-5-4-6-8-10-12-15(16)2/h3,13,15,17H,4-12,14H2,1-2H3. The SMILES string of the molecule is CC=CC1(O)CCCCCCCCCCC1C. The van der Waals surface area contributed by atoms with Gasteiger partial charge in [0.15, 0.2) is 0 Å². The summed E-state index contributed by atoms with van der Waals surface area (Å²) in [6.45, 7) is 4.23. The summed E-state index contributed by atoms with van der Waals surface area (Å²) < 4.78 is 0. The van der Waals surface area contributed by atoms with Crippen LogP contribution in [-0.2, 0) is 0 Å². The number of aliphatic hydroxyl groups is 1. The second kappa shape index (κ2) is 7.92. The molecule has 0 aromatic rings. The van der Waals surface area contributed by atoms with Gasteiger partial charge in [0, 0.05) is 0 Å². The topological polar surface area (TPSA) is 20.2 Å². The van der Waals surface area contributed by atoms with E-state index in [1.54, 1.807) is 0 Å². The Balaban J connectivity index is 2.57. The van der Waals surface area contributed by atoms with E-state index in [-0.39, 0.29) is 0 Å². The molecule has 1 aliphatic carbocycles. The molecular weight excluding hydrogens is 208 g/mol. The van der Waals surface area contributed by atoms with Gasteiger partial charge in [0.2, 0.25) is 0 Å². The Kier molecular flexibility index (Phi) is 6.87. The van der Waals surface area contributed by atoms with Crippen LogP contribution in [0.2, 0.25) is 0 Å². The van der Waals surface area contributed by atoms with E-state index < -0.39 is 5.60 Å². The summed E-state index contributed by atoms with van der Waals surface area (Å²) >= 11 is 0. The molecule has 0 aromatic carbocycles. The van der Waals surface area contributed by atoms with Gasteiger partial charge in [0.1, 0.15) is 0 Å². The van der Waals surface area contributed by atoms with Gasteiger partial charge >= 0.3 is 0 Å². The monoisotopic (exact) mass is 238 g/mol. The molecule has 1 rings (SSSR count). The van der Waals surface area contributed by atoms with E-state index in [1.807, 2.05) is 19.1 Å². The Morgan fingerprint density at radius 3 is 2.06 bits per heavy atom. The van der Waals surface area contributed by atoms with Crippen molar-refractivity contribution >= 4 is 0 Å². The van der Waals surface area contributed by atoms with E-state index in [0.29, 0.717) is 5.92 Å². The van der Waals surface area contributed by atoms with Crippen molar-refractivity contribution in [2.45, 2.75) is 83.7 Å². The lowest BCUT2D eigenvalue weighted by molar-refractivity contribution is 0.0198. The summed E-state index contributed by atoms with van der Waals surface area (Å²) in [4.78, 5) is 0. The molecule has 0 spiro atoms. The Morgan fingerprint density at radius 2 is 1.47 bits per heavy atom. The third-order valence-corrected chi connectivity index (χ3v) is 4.27. The fraction of sp³-hybridized carbons (Fsp3) is 0.875. The summed E-state index contributed by atoms with van der Waals surface area (Å²) in [7, 11) is 0. The molecule has 0 heterocycles. The van der Waals surface area contributed by atoms with E-state index >= 15 is 0 Å². The van der Waals surface area contributed by atoms with Crippen LogP contribution in [0.25, 0.3) is 0 Å². The van der Waals surface area contributed by atoms with Crippen LogP contribution in [0.5, 0.6) is 0 Å². The molecule has 1 nitrogen and oxygen atoms in total. The highest BCUT2D eigenvalue weighted by Crippen LogP contribution is 2.30. The van der Waals surface area contributed by atoms with Crippen molar-refractivity contribution in [3.63, 3.8) is 0 Å². The largest absolute Gasteiger partial charge is 0.386 e. The van der Waals surface area contributed by atoms with Crippen molar-refractivity contribution in [2.75, 3.05) is 0 Å². The molecule has 1 N–H and O–H groups in total. The maximum Gasteiger partial charge on any atom is 0.0852 e. The summed E-state index contributed by atoms with van der Waals surface area (Å²) in [6, 6.07) is 0. The van der Waals surface area contributed by atoms with Crippen molar-refractivity contribution in [2.24, 2.45) is 5.92 Å². The lowest BCUT2D eigenvalue weighted by Crippen LogP contribution is -2.34. The number of rotatable bonds is 1. The van der Waals surface area contributed by atoms with Crippen LogP contribution in [0.4, 0.5) is 0 Å². The van der Waals surface area contributed by atoms with Crippen LogP contribution < -0.4 is 0 Å². The quantitative estimate of drug-likeness (QED) is 0.648. The average molecular weight is 238 g/mol. The molecule has 1 aliphatic rings. The van der Waals surface area contributed by atoms with E-state index in [9.17, 15) is 5.11 Å². The molecule has 0 aliphatic heterocycles. The number of hydrogen-bond acceptors (Lipinski definition) is 1. The van der Waals surface area contributed by atoms with Crippen molar-refractivity contribution in [3.8, 4) is 0 Å². The van der Waals surface area contributed by atoms with E-state index in [0.717, 1.165) is 6.42 Å². The fourth-order valence-corrected chi connectivity index (χ4v) is 2.95. The molecule has 0 radical (unpaired) electrons. The molecule has 1 saturated carbocycles. The fourth-order valence-electron chi connectivity index (χ4n) is 2.95. The van der Waals surface area contributed by atoms with E-state index in [1.165, 1.54) is 57.8 Å². The first-order chi connectivity index (χ1) is 8.19. The second-order valence-electron chi connectivity index (χ2n) is 5.76. The smallest absolute Gasteiger partial charge is 0.0852 e. The first-order valence-corrected chi connectivity index (χ1v) is 7.55. The Labute approximate surface area is 107 Å². The zero-order chi connectivity index (χ0) is 12.6. The van der Waals surface area contributed by atoms with Crippen molar-refractivity contribution in [1.29, 1.82) is 0 Å². The molecule has 2 unspecified atom stereocenters. The minimum Gasteiger partial charge on any atom is -0.386 e. The van der Waals surface area contributed by atoms with Crippen LogP contribution >= 0.6 is 0 Å². The van der Waals surface area contributed by atoms with Gasteiger partial charge < -0.3 is 5.11 Å². The third kappa shape index (κ3) is 5.25.